The summed E-state index contributed by atoms with van der Waals surface area (Å²) in [6.45, 7) is 4.04. The fourth-order valence-electron chi connectivity index (χ4n) is 2.69. The molecule has 0 spiro atoms. The molecule has 3 rings (SSSR count). The molecule has 0 unspecified atom stereocenters. The summed E-state index contributed by atoms with van der Waals surface area (Å²) >= 11 is 0. The van der Waals surface area contributed by atoms with Crippen LogP contribution in [0.5, 0.6) is 0 Å². The number of carbonyl (C=O) groups excluding carboxylic acids is 2. The second-order valence-electron chi connectivity index (χ2n) is 6.37. The number of aryl methyl sites for hydroxylation is 2. The molecule has 0 fully saturated rings. The smallest absolute Gasteiger partial charge is 0.339 e. The lowest BCUT2D eigenvalue weighted by Gasteiger charge is -2.11. The van der Waals surface area contributed by atoms with Crippen LogP contribution in [0.2, 0.25) is 0 Å². The molecule has 1 heterocycles. The van der Waals surface area contributed by atoms with Crippen molar-refractivity contribution in [3.8, 4) is 0 Å². The van der Waals surface area contributed by atoms with Gasteiger partial charge in [0.05, 0.1) is 23.9 Å². The summed E-state index contributed by atoms with van der Waals surface area (Å²) in [5.41, 5.74) is 4.28. The topological polar surface area (TPSA) is 80.3 Å². The first-order valence-corrected chi connectivity index (χ1v) is 8.77. The van der Waals surface area contributed by atoms with E-state index in [0.717, 1.165) is 16.8 Å². The number of ether oxygens (including phenoxy) is 1. The molecule has 3 aromatic rings. The van der Waals surface area contributed by atoms with Gasteiger partial charge in [0.15, 0.2) is 0 Å². The lowest BCUT2D eigenvalue weighted by atomic mass is 10.1. The quantitative estimate of drug-likeness (QED) is 0.643. The van der Waals surface area contributed by atoms with Crippen LogP contribution in [0.4, 0.5) is 17.2 Å². The molecule has 1 aromatic heterocycles. The van der Waals surface area contributed by atoms with Gasteiger partial charge in [-0.2, -0.15) is 0 Å². The third kappa shape index (κ3) is 4.35. The highest BCUT2D eigenvalue weighted by Crippen LogP contribution is 2.21. The van der Waals surface area contributed by atoms with Crippen LogP contribution < -0.4 is 10.6 Å². The van der Waals surface area contributed by atoms with Crippen molar-refractivity contribution < 1.29 is 14.3 Å². The van der Waals surface area contributed by atoms with Gasteiger partial charge >= 0.3 is 5.97 Å². The molecule has 0 atom stereocenters. The molecule has 0 saturated heterocycles. The van der Waals surface area contributed by atoms with Gasteiger partial charge in [-0.25, -0.2) is 9.78 Å². The molecule has 6 nitrogen and oxygen atoms in total. The number of amides is 1. The van der Waals surface area contributed by atoms with E-state index in [4.69, 9.17) is 4.74 Å². The van der Waals surface area contributed by atoms with Crippen LogP contribution >= 0.6 is 0 Å². The van der Waals surface area contributed by atoms with Gasteiger partial charge in [0.25, 0.3) is 5.91 Å². The van der Waals surface area contributed by atoms with Crippen molar-refractivity contribution >= 4 is 29.1 Å². The van der Waals surface area contributed by atoms with E-state index in [9.17, 15) is 9.59 Å². The van der Waals surface area contributed by atoms with Crippen molar-refractivity contribution in [2.75, 3.05) is 17.7 Å². The van der Waals surface area contributed by atoms with Gasteiger partial charge in [-0.3, -0.25) is 4.79 Å². The third-order valence-electron chi connectivity index (χ3n) is 4.26. The number of rotatable bonds is 5. The number of aromatic nitrogens is 1. The second kappa shape index (κ2) is 8.35. The molecule has 1 amide bonds. The van der Waals surface area contributed by atoms with Crippen LogP contribution in [-0.2, 0) is 4.74 Å². The van der Waals surface area contributed by atoms with Crippen LogP contribution in [0.15, 0.2) is 60.8 Å². The van der Waals surface area contributed by atoms with Crippen molar-refractivity contribution in [1.82, 2.24) is 4.98 Å². The van der Waals surface area contributed by atoms with Gasteiger partial charge in [0.2, 0.25) is 0 Å². The van der Waals surface area contributed by atoms with Gasteiger partial charge in [0, 0.05) is 11.9 Å². The summed E-state index contributed by atoms with van der Waals surface area (Å²) in [5.74, 6) is -0.232. The number of benzene rings is 2. The van der Waals surface area contributed by atoms with Crippen LogP contribution in [0, 0.1) is 13.8 Å². The first-order chi connectivity index (χ1) is 13.5. The number of nitrogens with zero attached hydrogens (tertiary/aromatic N) is 1. The van der Waals surface area contributed by atoms with Gasteiger partial charge in [-0.05, 0) is 55.3 Å². The number of esters is 1. The van der Waals surface area contributed by atoms with Crippen LogP contribution in [0.25, 0.3) is 0 Å². The first-order valence-electron chi connectivity index (χ1n) is 8.77. The Morgan fingerprint density at radius 3 is 2.46 bits per heavy atom. The number of hydrogen-bond donors (Lipinski definition) is 2. The molecule has 0 radical (unpaired) electrons. The van der Waals surface area contributed by atoms with Crippen molar-refractivity contribution in [3.63, 3.8) is 0 Å². The number of anilines is 3. The summed E-state index contributed by atoms with van der Waals surface area (Å²) in [5, 5.41) is 5.98. The Labute approximate surface area is 163 Å². The van der Waals surface area contributed by atoms with Crippen molar-refractivity contribution in [3.05, 3.63) is 83.0 Å². The maximum atomic E-state index is 12.5. The highest BCUT2D eigenvalue weighted by molar-refractivity contribution is 6.07. The monoisotopic (exact) mass is 375 g/mol. The normalized spacial score (nSPS) is 10.2. The number of pyridine rings is 1. The number of hydrogen-bond acceptors (Lipinski definition) is 5. The SMILES string of the molecule is COC(=O)c1ccccc1NC(=O)c1ccc(Nc2cc(C)ccc2C)nc1. The van der Waals surface area contributed by atoms with Gasteiger partial charge < -0.3 is 15.4 Å². The zero-order valence-electron chi connectivity index (χ0n) is 15.9. The zero-order chi connectivity index (χ0) is 20.1. The van der Waals surface area contributed by atoms with E-state index in [1.807, 2.05) is 32.0 Å². The predicted octanol–water partition coefficient (Wildman–Crippen LogP) is 4.48. The number of para-hydroxylation sites is 1. The Morgan fingerprint density at radius 1 is 0.964 bits per heavy atom. The van der Waals surface area contributed by atoms with Crippen LogP contribution in [-0.4, -0.2) is 24.0 Å². The van der Waals surface area contributed by atoms with Gasteiger partial charge in [-0.15, -0.1) is 0 Å². The molecule has 2 N–H and O–H groups in total. The molecular weight excluding hydrogens is 354 g/mol. The van der Waals surface area contributed by atoms with Crippen LogP contribution in [0.3, 0.4) is 0 Å². The highest BCUT2D eigenvalue weighted by atomic mass is 16.5. The molecule has 142 valence electrons. The summed E-state index contributed by atoms with van der Waals surface area (Å²) < 4.78 is 4.74. The highest BCUT2D eigenvalue weighted by Gasteiger charge is 2.14. The largest absolute Gasteiger partial charge is 0.465 e. The molecule has 6 heteroatoms. The first kappa shape index (κ1) is 19.1. The molecule has 0 aliphatic heterocycles. The maximum absolute atomic E-state index is 12.5. The summed E-state index contributed by atoms with van der Waals surface area (Å²) in [6.07, 6.45) is 1.49. The molecular formula is C22H21N3O3. The minimum absolute atomic E-state index is 0.291. The third-order valence-corrected chi connectivity index (χ3v) is 4.26. The molecule has 0 aliphatic carbocycles. The van der Waals surface area contributed by atoms with Crippen molar-refractivity contribution in [2.45, 2.75) is 13.8 Å². The minimum atomic E-state index is -0.512. The molecule has 0 saturated carbocycles. The molecule has 0 aliphatic rings. The lowest BCUT2D eigenvalue weighted by molar-refractivity contribution is 0.0602. The van der Waals surface area contributed by atoms with E-state index in [-0.39, 0.29) is 5.91 Å². The molecule has 28 heavy (non-hydrogen) atoms. The Bertz CT molecular complexity index is 1010. The van der Waals surface area contributed by atoms with E-state index in [1.165, 1.54) is 13.3 Å². The maximum Gasteiger partial charge on any atom is 0.339 e. The summed E-state index contributed by atoms with van der Waals surface area (Å²) in [6, 6.07) is 16.2. The summed E-state index contributed by atoms with van der Waals surface area (Å²) in [7, 11) is 1.30. The lowest BCUT2D eigenvalue weighted by Crippen LogP contribution is -2.15. The van der Waals surface area contributed by atoms with E-state index in [1.54, 1.807) is 36.4 Å². The number of carbonyl (C=O) groups is 2. The molecule has 2 aromatic carbocycles. The fraction of sp³-hybridized carbons (Fsp3) is 0.136. The zero-order valence-corrected chi connectivity index (χ0v) is 15.9. The Morgan fingerprint density at radius 2 is 1.75 bits per heavy atom. The van der Waals surface area contributed by atoms with E-state index >= 15 is 0 Å². The van der Waals surface area contributed by atoms with E-state index in [2.05, 4.69) is 15.6 Å². The second-order valence-corrected chi connectivity index (χ2v) is 6.37. The Balaban J connectivity index is 1.74. The number of methoxy groups -OCH3 is 1. The van der Waals surface area contributed by atoms with E-state index in [0.29, 0.717) is 22.6 Å². The fourth-order valence-corrected chi connectivity index (χ4v) is 2.69. The van der Waals surface area contributed by atoms with Crippen molar-refractivity contribution in [2.24, 2.45) is 0 Å². The average molecular weight is 375 g/mol. The van der Waals surface area contributed by atoms with Gasteiger partial charge in [-0.1, -0.05) is 24.3 Å². The van der Waals surface area contributed by atoms with Crippen molar-refractivity contribution in [1.29, 1.82) is 0 Å². The standard InChI is InChI=1S/C22H21N3O3/c1-14-8-9-15(2)19(12-14)24-20-11-10-16(13-23-20)21(26)25-18-7-5-4-6-17(18)22(27)28-3/h4-13H,1-3H3,(H,23,24)(H,25,26). The van der Waals surface area contributed by atoms with E-state index < -0.39 is 5.97 Å². The Kier molecular flexibility index (Phi) is 5.69. The summed E-state index contributed by atoms with van der Waals surface area (Å²) in [4.78, 5) is 28.7. The van der Waals surface area contributed by atoms with Crippen LogP contribution in [0.1, 0.15) is 31.8 Å². The molecule has 0 bridgehead atoms. The predicted molar refractivity (Wildman–Crippen MR) is 109 cm³/mol. The average Bonchev–Trinajstić information content (AvgIpc) is 2.71. The number of nitrogens with one attached hydrogen (secondary N) is 2. The Hall–Kier alpha value is -3.67. The van der Waals surface area contributed by atoms with Gasteiger partial charge in [0.1, 0.15) is 5.82 Å². The minimum Gasteiger partial charge on any atom is -0.465 e.